The highest BCUT2D eigenvalue weighted by molar-refractivity contribution is 5.52. The van der Waals surface area contributed by atoms with Crippen LogP contribution in [0.2, 0.25) is 0 Å². The molecule has 0 fully saturated rings. The minimum absolute atomic E-state index is 0.0248. The summed E-state index contributed by atoms with van der Waals surface area (Å²) >= 11 is 0. The molecule has 2 rings (SSSR count). The minimum atomic E-state index is 0.0248. The average Bonchev–Trinajstić information content (AvgIpc) is 2.90. The van der Waals surface area contributed by atoms with Crippen molar-refractivity contribution in [2.24, 2.45) is 7.05 Å². The van der Waals surface area contributed by atoms with Gasteiger partial charge in [0.05, 0.1) is 14.2 Å². The second-order valence-electron chi connectivity index (χ2n) is 4.73. The lowest BCUT2D eigenvalue weighted by Crippen LogP contribution is -2.18. The lowest BCUT2D eigenvalue weighted by Gasteiger charge is -2.12. The van der Waals surface area contributed by atoms with Crippen molar-refractivity contribution in [1.82, 2.24) is 14.9 Å². The smallest absolute Gasteiger partial charge is 0.200 e. The van der Waals surface area contributed by atoms with Gasteiger partial charge in [-0.25, -0.2) is 4.98 Å². The van der Waals surface area contributed by atoms with Crippen LogP contribution in [0.25, 0.3) is 0 Å². The van der Waals surface area contributed by atoms with Crippen molar-refractivity contribution in [2.45, 2.75) is 13.0 Å². The zero-order chi connectivity index (χ0) is 15.2. The molecule has 0 amide bonds. The summed E-state index contributed by atoms with van der Waals surface area (Å²) in [5.41, 5.74) is 0.987. The molecule has 1 aromatic carbocycles. The summed E-state index contributed by atoms with van der Waals surface area (Å²) in [5, 5.41) is 13.2. The summed E-state index contributed by atoms with van der Waals surface area (Å²) in [6.45, 7) is 1.48. The van der Waals surface area contributed by atoms with Crippen molar-refractivity contribution < 1.29 is 14.6 Å². The summed E-state index contributed by atoms with van der Waals surface area (Å²) in [7, 11) is 5.03. The van der Waals surface area contributed by atoms with E-state index >= 15 is 0 Å². The van der Waals surface area contributed by atoms with Gasteiger partial charge >= 0.3 is 0 Å². The van der Waals surface area contributed by atoms with Crippen LogP contribution in [0.1, 0.15) is 11.4 Å². The highest BCUT2D eigenvalue weighted by Crippen LogP contribution is 2.36. The van der Waals surface area contributed by atoms with Crippen LogP contribution in [0.15, 0.2) is 24.5 Å². The van der Waals surface area contributed by atoms with Gasteiger partial charge in [0.2, 0.25) is 5.75 Å². The monoisotopic (exact) mass is 291 g/mol. The van der Waals surface area contributed by atoms with Gasteiger partial charge in [0.1, 0.15) is 5.82 Å². The SMILES string of the molecule is COc1cc(CNCCc2nccn2C)cc(OC)c1O. The first-order chi connectivity index (χ1) is 10.2. The van der Waals surface area contributed by atoms with E-state index in [4.69, 9.17) is 9.47 Å². The van der Waals surface area contributed by atoms with Gasteiger partial charge in [-0.05, 0) is 17.7 Å². The van der Waals surface area contributed by atoms with Crippen LogP contribution in [0.3, 0.4) is 0 Å². The van der Waals surface area contributed by atoms with Crippen LogP contribution in [0.4, 0.5) is 0 Å². The molecule has 0 bridgehead atoms. The first-order valence-electron chi connectivity index (χ1n) is 6.76. The Hall–Kier alpha value is -2.21. The third-order valence-corrected chi connectivity index (χ3v) is 3.32. The van der Waals surface area contributed by atoms with Gasteiger partial charge in [-0.1, -0.05) is 0 Å². The van der Waals surface area contributed by atoms with E-state index in [1.165, 1.54) is 14.2 Å². The number of methoxy groups -OCH3 is 2. The highest BCUT2D eigenvalue weighted by atomic mass is 16.5. The maximum absolute atomic E-state index is 9.86. The van der Waals surface area contributed by atoms with Crippen molar-refractivity contribution in [3.63, 3.8) is 0 Å². The summed E-state index contributed by atoms with van der Waals surface area (Å²) in [6, 6.07) is 3.59. The lowest BCUT2D eigenvalue weighted by molar-refractivity contribution is 0.339. The van der Waals surface area contributed by atoms with Crippen molar-refractivity contribution >= 4 is 0 Å². The van der Waals surface area contributed by atoms with E-state index in [0.29, 0.717) is 18.0 Å². The number of aryl methyl sites for hydroxylation is 1. The molecular weight excluding hydrogens is 270 g/mol. The van der Waals surface area contributed by atoms with E-state index < -0.39 is 0 Å². The molecule has 2 N–H and O–H groups in total. The van der Waals surface area contributed by atoms with Crippen LogP contribution in [-0.4, -0.2) is 35.4 Å². The number of benzene rings is 1. The quantitative estimate of drug-likeness (QED) is 0.756. The Morgan fingerprint density at radius 2 is 1.90 bits per heavy atom. The van der Waals surface area contributed by atoms with E-state index in [1.54, 1.807) is 18.3 Å². The standard InChI is InChI=1S/C15H21N3O3/c1-18-7-6-17-14(18)4-5-16-10-11-8-12(20-2)15(19)13(9-11)21-3/h6-9,16,19H,4-5,10H2,1-3H3. The second kappa shape index (κ2) is 6.99. The molecule has 0 saturated carbocycles. The van der Waals surface area contributed by atoms with Gasteiger partial charge < -0.3 is 24.5 Å². The Bertz CT molecular complexity index is 571. The zero-order valence-corrected chi connectivity index (χ0v) is 12.6. The molecule has 0 aliphatic heterocycles. The van der Waals surface area contributed by atoms with Crippen molar-refractivity contribution in [1.29, 1.82) is 0 Å². The van der Waals surface area contributed by atoms with Gasteiger partial charge in [-0.15, -0.1) is 0 Å². The molecule has 21 heavy (non-hydrogen) atoms. The number of nitrogens with zero attached hydrogens (tertiary/aromatic N) is 2. The van der Waals surface area contributed by atoms with E-state index in [-0.39, 0.29) is 5.75 Å². The Balaban J connectivity index is 1.92. The number of phenolic OH excluding ortho intramolecular Hbond substituents is 1. The maximum Gasteiger partial charge on any atom is 0.200 e. The fourth-order valence-corrected chi connectivity index (χ4v) is 2.12. The van der Waals surface area contributed by atoms with Crippen LogP contribution >= 0.6 is 0 Å². The topological polar surface area (TPSA) is 68.5 Å². The van der Waals surface area contributed by atoms with Crippen LogP contribution in [0.5, 0.6) is 17.2 Å². The third-order valence-electron chi connectivity index (χ3n) is 3.32. The molecule has 0 aliphatic carbocycles. The molecule has 0 saturated heterocycles. The number of aromatic hydroxyl groups is 1. The van der Waals surface area contributed by atoms with Gasteiger partial charge in [0.15, 0.2) is 11.5 Å². The third kappa shape index (κ3) is 3.66. The second-order valence-corrected chi connectivity index (χ2v) is 4.73. The fraction of sp³-hybridized carbons (Fsp3) is 0.400. The maximum atomic E-state index is 9.86. The van der Waals surface area contributed by atoms with Crippen LogP contribution < -0.4 is 14.8 Å². The Morgan fingerprint density at radius 3 is 2.43 bits per heavy atom. The molecule has 114 valence electrons. The van der Waals surface area contributed by atoms with Gasteiger partial charge in [-0.3, -0.25) is 0 Å². The van der Waals surface area contributed by atoms with E-state index in [1.807, 2.05) is 17.8 Å². The molecular formula is C15H21N3O3. The lowest BCUT2D eigenvalue weighted by atomic mass is 10.2. The van der Waals surface area contributed by atoms with Gasteiger partial charge in [-0.2, -0.15) is 0 Å². The molecule has 6 nitrogen and oxygen atoms in total. The number of hydrogen-bond acceptors (Lipinski definition) is 5. The first-order valence-corrected chi connectivity index (χ1v) is 6.76. The van der Waals surface area contributed by atoms with Crippen molar-refractivity contribution in [3.8, 4) is 17.2 Å². The molecule has 1 aromatic heterocycles. The normalized spacial score (nSPS) is 10.6. The summed E-state index contributed by atoms with van der Waals surface area (Å²) in [4.78, 5) is 4.28. The number of hydrogen-bond donors (Lipinski definition) is 2. The van der Waals surface area contributed by atoms with Crippen LogP contribution in [0, 0.1) is 0 Å². The Morgan fingerprint density at radius 1 is 1.24 bits per heavy atom. The Kier molecular flexibility index (Phi) is 5.05. The number of ether oxygens (including phenoxy) is 2. The largest absolute Gasteiger partial charge is 0.502 e. The highest BCUT2D eigenvalue weighted by Gasteiger charge is 2.10. The number of imidazole rings is 1. The number of phenols is 1. The summed E-state index contributed by atoms with van der Waals surface area (Å²) in [6.07, 6.45) is 4.59. The predicted octanol–water partition coefficient (Wildman–Crippen LogP) is 1.48. The summed E-state index contributed by atoms with van der Waals surface area (Å²) < 4.78 is 12.3. The molecule has 1 heterocycles. The molecule has 0 unspecified atom stereocenters. The number of aromatic nitrogens is 2. The van der Waals surface area contributed by atoms with E-state index in [0.717, 1.165) is 24.4 Å². The van der Waals surface area contributed by atoms with Gasteiger partial charge in [0, 0.05) is 39.0 Å². The minimum Gasteiger partial charge on any atom is -0.502 e. The average molecular weight is 291 g/mol. The van der Waals surface area contributed by atoms with Gasteiger partial charge in [0.25, 0.3) is 0 Å². The summed E-state index contributed by atoms with van der Waals surface area (Å²) in [5.74, 6) is 1.89. The molecule has 6 heteroatoms. The number of nitrogens with one attached hydrogen (secondary N) is 1. The van der Waals surface area contributed by atoms with E-state index in [9.17, 15) is 5.11 Å². The fourth-order valence-electron chi connectivity index (χ4n) is 2.12. The molecule has 0 spiro atoms. The predicted molar refractivity (Wildman–Crippen MR) is 79.8 cm³/mol. The molecule has 0 atom stereocenters. The molecule has 0 radical (unpaired) electrons. The Labute approximate surface area is 124 Å². The van der Waals surface area contributed by atoms with E-state index in [2.05, 4.69) is 10.3 Å². The first kappa shape index (κ1) is 15.2. The number of rotatable bonds is 7. The van der Waals surface area contributed by atoms with Crippen molar-refractivity contribution in [2.75, 3.05) is 20.8 Å². The van der Waals surface area contributed by atoms with Crippen molar-refractivity contribution in [3.05, 3.63) is 35.9 Å². The zero-order valence-electron chi connectivity index (χ0n) is 12.6. The molecule has 2 aromatic rings. The van der Waals surface area contributed by atoms with Crippen LogP contribution in [-0.2, 0) is 20.0 Å². The molecule has 0 aliphatic rings.